The van der Waals surface area contributed by atoms with Gasteiger partial charge in [-0.25, -0.2) is 4.98 Å². The summed E-state index contributed by atoms with van der Waals surface area (Å²) in [5.41, 5.74) is 8.90. The van der Waals surface area contributed by atoms with Gasteiger partial charge in [0.25, 0.3) is 0 Å². The van der Waals surface area contributed by atoms with Crippen LogP contribution in [0.2, 0.25) is 0 Å². The number of imidazole rings is 1. The smallest absolute Gasteiger partial charge is 0.193 e. The Morgan fingerprint density at radius 3 is 3.11 bits per heavy atom. The number of hydrogen-bond donors (Lipinski definition) is 1. The molecule has 0 saturated heterocycles. The second-order valence-electron chi connectivity index (χ2n) is 4.14. The molecule has 0 saturated carbocycles. The molecule has 2 N–H and O–H groups in total. The molecular formula is C13H13N3S2. The van der Waals surface area contributed by atoms with Crippen molar-refractivity contribution in [2.24, 2.45) is 0 Å². The molecule has 0 bridgehead atoms. The number of aromatic nitrogens is 2. The van der Waals surface area contributed by atoms with Crippen molar-refractivity contribution in [3.63, 3.8) is 0 Å². The first-order valence-corrected chi connectivity index (χ1v) is 7.49. The number of nitrogens with zero attached hydrogens (tertiary/aromatic N) is 2. The van der Waals surface area contributed by atoms with Gasteiger partial charge in [-0.3, -0.25) is 4.40 Å². The van der Waals surface area contributed by atoms with Crippen molar-refractivity contribution in [1.29, 1.82) is 0 Å². The minimum atomic E-state index is 0.819. The van der Waals surface area contributed by atoms with Crippen LogP contribution in [0.25, 0.3) is 4.96 Å². The van der Waals surface area contributed by atoms with E-state index in [2.05, 4.69) is 28.6 Å². The molecule has 0 aliphatic rings. The molecule has 3 aromatic rings. The van der Waals surface area contributed by atoms with Crippen molar-refractivity contribution in [2.75, 3.05) is 5.73 Å². The number of aryl methyl sites for hydroxylation is 1. The highest BCUT2D eigenvalue weighted by molar-refractivity contribution is 7.98. The Morgan fingerprint density at radius 1 is 1.44 bits per heavy atom. The first-order valence-electron chi connectivity index (χ1n) is 5.62. The van der Waals surface area contributed by atoms with E-state index >= 15 is 0 Å². The number of anilines is 1. The second kappa shape index (κ2) is 4.66. The molecule has 0 fully saturated rings. The first-order chi connectivity index (χ1) is 8.72. The van der Waals surface area contributed by atoms with Gasteiger partial charge in [0.15, 0.2) is 4.96 Å². The third-order valence-electron chi connectivity index (χ3n) is 2.72. The molecule has 5 heteroatoms. The predicted octanol–water partition coefficient (Wildman–Crippen LogP) is 3.58. The number of fused-ring (bicyclic) bond motifs is 1. The van der Waals surface area contributed by atoms with E-state index in [4.69, 9.17) is 5.73 Å². The third-order valence-corrected chi connectivity index (χ3v) is 4.70. The zero-order valence-electron chi connectivity index (χ0n) is 9.96. The molecule has 18 heavy (non-hydrogen) atoms. The summed E-state index contributed by atoms with van der Waals surface area (Å²) in [6, 6.07) is 6.03. The van der Waals surface area contributed by atoms with Crippen LogP contribution in [0, 0.1) is 6.92 Å². The lowest BCUT2D eigenvalue weighted by molar-refractivity contribution is 1.21. The predicted molar refractivity (Wildman–Crippen MR) is 78.2 cm³/mol. The number of hydrogen-bond acceptors (Lipinski definition) is 4. The van der Waals surface area contributed by atoms with E-state index in [0.717, 1.165) is 22.1 Å². The SMILES string of the molecule is Cc1cc(N)ccc1SCc1cn2ccsc2n1. The van der Waals surface area contributed by atoms with Crippen molar-refractivity contribution >= 4 is 33.7 Å². The van der Waals surface area contributed by atoms with Crippen LogP contribution in [0.3, 0.4) is 0 Å². The molecule has 0 aliphatic carbocycles. The molecule has 0 unspecified atom stereocenters. The molecule has 0 radical (unpaired) electrons. The standard InChI is InChI=1S/C13H13N3S2/c1-9-6-10(14)2-3-12(9)18-8-11-7-16-4-5-17-13(16)15-11/h2-7H,8,14H2,1H3. The summed E-state index contributed by atoms with van der Waals surface area (Å²) >= 11 is 3.46. The minimum Gasteiger partial charge on any atom is -0.399 e. The summed E-state index contributed by atoms with van der Waals surface area (Å²) in [6.07, 6.45) is 4.13. The summed E-state index contributed by atoms with van der Waals surface area (Å²) in [7, 11) is 0. The van der Waals surface area contributed by atoms with E-state index in [1.807, 2.05) is 23.7 Å². The van der Waals surface area contributed by atoms with Gasteiger partial charge in [0.2, 0.25) is 0 Å². The molecule has 3 nitrogen and oxygen atoms in total. The van der Waals surface area contributed by atoms with Gasteiger partial charge >= 0.3 is 0 Å². The second-order valence-corrected chi connectivity index (χ2v) is 6.03. The van der Waals surface area contributed by atoms with E-state index in [-0.39, 0.29) is 0 Å². The van der Waals surface area contributed by atoms with Gasteiger partial charge in [0.05, 0.1) is 5.69 Å². The molecular weight excluding hydrogens is 262 g/mol. The lowest BCUT2D eigenvalue weighted by Gasteiger charge is -2.04. The van der Waals surface area contributed by atoms with Crippen molar-refractivity contribution in [3.8, 4) is 0 Å². The molecule has 1 aromatic carbocycles. The normalized spacial score (nSPS) is 11.2. The van der Waals surface area contributed by atoms with Crippen molar-refractivity contribution in [3.05, 3.63) is 47.2 Å². The number of nitrogens with two attached hydrogens (primary N) is 1. The maximum atomic E-state index is 5.75. The molecule has 2 aromatic heterocycles. The van der Waals surface area contributed by atoms with Crippen LogP contribution < -0.4 is 5.73 Å². The van der Waals surface area contributed by atoms with Gasteiger partial charge in [-0.05, 0) is 30.7 Å². The molecule has 92 valence electrons. The third kappa shape index (κ3) is 2.23. The van der Waals surface area contributed by atoms with Crippen LogP contribution in [0.4, 0.5) is 5.69 Å². The Labute approximate surface area is 114 Å². The van der Waals surface area contributed by atoms with Gasteiger partial charge in [0, 0.05) is 34.1 Å². The van der Waals surface area contributed by atoms with E-state index in [0.29, 0.717) is 0 Å². The summed E-state index contributed by atoms with van der Waals surface area (Å²) in [6.45, 7) is 2.09. The molecule has 3 rings (SSSR count). The van der Waals surface area contributed by atoms with E-state index in [1.54, 1.807) is 23.1 Å². The van der Waals surface area contributed by atoms with Gasteiger partial charge < -0.3 is 5.73 Å². The van der Waals surface area contributed by atoms with E-state index < -0.39 is 0 Å². The van der Waals surface area contributed by atoms with Crippen LogP contribution in [0.1, 0.15) is 11.3 Å². The van der Waals surface area contributed by atoms with Gasteiger partial charge in [0.1, 0.15) is 0 Å². The Morgan fingerprint density at radius 2 is 2.33 bits per heavy atom. The fourth-order valence-corrected chi connectivity index (χ4v) is 3.44. The fraction of sp³-hybridized carbons (Fsp3) is 0.154. The zero-order chi connectivity index (χ0) is 12.5. The maximum absolute atomic E-state index is 5.75. The highest BCUT2D eigenvalue weighted by atomic mass is 32.2. The minimum absolute atomic E-state index is 0.819. The summed E-state index contributed by atoms with van der Waals surface area (Å²) < 4.78 is 2.07. The molecule has 0 spiro atoms. The van der Waals surface area contributed by atoms with Crippen LogP contribution in [-0.4, -0.2) is 9.38 Å². The number of thioether (sulfide) groups is 1. The molecule has 0 atom stereocenters. The Hall–Kier alpha value is -1.46. The first kappa shape index (κ1) is 11.6. The highest BCUT2D eigenvalue weighted by Gasteiger charge is 2.05. The van der Waals surface area contributed by atoms with Gasteiger partial charge in [-0.15, -0.1) is 23.1 Å². The fourth-order valence-electron chi connectivity index (χ4n) is 1.83. The molecule has 0 aliphatic heterocycles. The van der Waals surface area contributed by atoms with Crippen LogP contribution in [-0.2, 0) is 5.75 Å². The van der Waals surface area contributed by atoms with Gasteiger partial charge in [-0.1, -0.05) is 0 Å². The lowest BCUT2D eigenvalue weighted by Crippen LogP contribution is -1.88. The average Bonchev–Trinajstić information content (AvgIpc) is 2.88. The van der Waals surface area contributed by atoms with Crippen LogP contribution >= 0.6 is 23.1 Å². The monoisotopic (exact) mass is 275 g/mol. The number of thiazole rings is 1. The Kier molecular flexibility index (Phi) is 3.01. The summed E-state index contributed by atoms with van der Waals surface area (Å²) in [4.78, 5) is 6.89. The number of rotatable bonds is 3. The van der Waals surface area contributed by atoms with Gasteiger partial charge in [-0.2, -0.15) is 0 Å². The van der Waals surface area contributed by atoms with Crippen molar-refractivity contribution < 1.29 is 0 Å². The van der Waals surface area contributed by atoms with Crippen molar-refractivity contribution in [2.45, 2.75) is 17.6 Å². The zero-order valence-corrected chi connectivity index (χ0v) is 11.6. The van der Waals surface area contributed by atoms with E-state index in [1.165, 1.54) is 10.5 Å². The van der Waals surface area contributed by atoms with E-state index in [9.17, 15) is 0 Å². The average molecular weight is 275 g/mol. The maximum Gasteiger partial charge on any atom is 0.193 e. The Bertz CT molecular complexity index is 656. The lowest BCUT2D eigenvalue weighted by atomic mass is 10.2. The Balaban J connectivity index is 1.76. The highest BCUT2D eigenvalue weighted by Crippen LogP contribution is 2.27. The summed E-state index contributed by atoms with van der Waals surface area (Å²) in [5.74, 6) is 0.888. The largest absolute Gasteiger partial charge is 0.399 e. The van der Waals surface area contributed by atoms with Crippen molar-refractivity contribution in [1.82, 2.24) is 9.38 Å². The number of benzene rings is 1. The number of nitrogen functional groups attached to an aromatic ring is 1. The topological polar surface area (TPSA) is 43.3 Å². The van der Waals surface area contributed by atoms with Crippen LogP contribution in [0.15, 0.2) is 40.9 Å². The molecule has 2 heterocycles. The molecule has 0 amide bonds. The summed E-state index contributed by atoms with van der Waals surface area (Å²) in [5, 5.41) is 2.05. The quantitative estimate of drug-likeness (QED) is 0.587. The van der Waals surface area contributed by atoms with Crippen LogP contribution in [0.5, 0.6) is 0 Å².